The van der Waals surface area contributed by atoms with Crippen LogP contribution in [0.3, 0.4) is 0 Å². The lowest BCUT2D eigenvalue weighted by molar-refractivity contribution is 0.0691. The van der Waals surface area contributed by atoms with Gasteiger partial charge in [-0.3, -0.25) is 0 Å². The third-order valence-electron chi connectivity index (χ3n) is 7.67. The first-order valence-corrected chi connectivity index (χ1v) is 15.9. The number of nitrogens with two attached hydrogens (primary N) is 1. The van der Waals surface area contributed by atoms with Crippen molar-refractivity contribution >= 4 is 27.3 Å². The summed E-state index contributed by atoms with van der Waals surface area (Å²) in [5.74, 6) is 5.63. The van der Waals surface area contributed by atoms with Crippen LogP contribution in [0.15, 0.2) is 58.8 Å². The Bertz CT molecular complexity index is 1820. The standard InChI is InChI=1S/C31H28FN3O4S2/c32-25-14-22(11-12-29(25)41(33,38)39)17-35-27(23-6-2-5-20(13-23)8-7-19-3-1-4-19)16-24(28(35)15-21-9-10-21)30-34-26(18-40-30)31(36)37/h2,5-6,11-14,16,18-19,21H,1,3-4,9-10,15,17H2,(H,36,37)(H2,33,38,39). The molecule has 0 radical (unpaired) electrons. The van der Waals surface area contributed by atoms with Crippen molar-refractivity contribution in [1.29, 1.82) is 0 Å². The Balaban J connectivity index is 1.48. The monoisotopic (exact) mass is 589 g/mol. The first kappa shape index (κ1) is 27.4. The molecule has 4 aromatic rings. The molecule has 2 aromatic carbocycles. The number of carboxylic acids is 1. The van der Waals surface area contributed by atoms with Gasteiger partial charge in [0.2, 0.25) is 10.0 Å². The van der Waals surface area contributed by atoms with Crippen LogP contribution in [0.5, 0.6) is 0 Å². The summed E-state index contributed by atoms with van der Waals surface area (Å²) < 4.78 is 40.5. The van der Waals surface area contributed by atoms with E-state index in [1.54, 1.807) is 6.07 Å². The first-order valence-electron chi connectivity index (χ1n) is 13.5. The van der Waals surface area contributed by atoms with Crippen LogP contribution in [0.25, 0.3) is 21.8 Å². The van der Waals surface area contributed by atoms with E-state index in [2.05, 4.69) is 21.4 Å². The van der Waals surface area contributed by atoms with Gasteiger partial charge in [-0.1, -0.05) is 36.5 Å². The lowest BCUT2D eigenvalue weighted by Gasteiger charge is -2.18. The number of aromatic carboxylic acids is 1. The molecule has 2 fully saturated rings. The Hall–Kier alpha value is -3.78. The third kappa shape index (κ3) is 5.98. The number of benzene rings is 2. The van der Waals surface area contributed by atoms with E-state index in [0.29, 0.717) is 22.4 Å². The molecule has 10 heteroatoms. The molecule has 6 rings (SSSR count). The summed E-state index contributed by atoms with van der Waals surface area (Å²) in [4.78, 5) is 15.4. The molecule has 0 bridgehead atoms. The number of rotatable bonds is 8. The Morgan fingerprint density at radius 1 is 1.15 bits per heavy atom. The van der Waals surface area contributed by atoms with Gasteiger partial charge in [0.1, 0.15) is 15.7 Å². The number of aromatic nitrogens is 2. The van der Waals surface area contributed by atoms with E-state index in [1.807, 2.05) is 30.3 Å². The van der Waals surface area contributed by atoms with Crippen molar-refractivity contribution in [2.24, 2.45) is 17.0 Å². The smallest absolute Gasteiger partial charge is 0.355 e. The number of thiazole rings is 1. The molecule has 2 heterocycles. The summed E-state index contributed by atoms with van der Waals surface area (Å²) in [6.45, 7) is 0.272. The lowest BCUT2D eigenvalue weighted by atomic mass is 9.86. The van der Waals surface area contributed by atoms with Crippen LogP contribution in [0.1, 0.15) is 59.4 Å². The van der Waals surface area contributed by atoms with E-state index < -0.39 is 26.7 Å². The largest absolute Gasteiger partial charge is 0.476 e. The zero-order valence-electron chi connectivity index (χ0n) is 22.1. The summed E-state index contributed by atoms with van der Waals surface area (Å²) >= 11 is 1.28. The Kier molecular flexibility index (Phi) is 7.28. The molecule has 210 valence electrons. The molecule has 2 aliphatic carbocycles. The molecule has 2 saturated carbocycles. The average Bonchev–Trinajstić information content (AvgIpc) is 3.45. The second-order valence-corrected chi connectivity index (χ2v) is 13.1. The predicted octanol–water partition coefficient (Wildman–Crippen LogP) is 5.92. The molecule has 0 amide bonds. The van der Waals surface area contributed by atoms with Gasteiger partial charge < -0.3 is 9.67 Å². The van der Waals surface area contributed by atoms with Crippen molar-refractivity contribution in [2.45, 2.75) is 50.0 Å². The highest BCUT2D eigenvalue weighted by Crippen LogP contribution is 2.41. The van der Waals surface area contributed by atoms with Gasteiger partial charge in [0.05, 0.1) is 0 Å². The summed E-state index contributed by atoms with van der Waals surface area (Å²) in [5.41, 5.74) is 5.08. The van der Waals surface area contributed by atoms with Gasteiger partial charge >= 0.3 is 5.97 Å². The molecule has 2 aliphatic rings. The minimum absolute atomic E-state index is 0.00871. The molecule has 0 aliphatic heterocycles. The quantitative estimate of drug-likeness (QED) is 0.248. The van der Waals surface area contributed by atoms with Gasteiger partial charge in [0.25, 0.3) is 0 Å². The second-order valence-electron chi connectivity index (χ2n) is 10.8. The topological polar surface area (TPSA) is 115 Å². The van der Waals surface area contributed by atoms with E-state index in [-0.39, 0.29) is 12.2 Å². The maximum absolute atomic E-state index is 14.8. The maximum atomic E-state index is 14.8. The number of hydrogen-bond acceptors (Lipinski definition) is 5. The number of halogens is 1. The first-order chi connectivity index (χ1) is 19.7. The minimum Gasteiger partial charge on any atom is -0.476 e. The summed E-state index contributed by atoms with van der Waals surface area (Å²) in [6.07, 6.45) is 6.45. The Labute approximate surface area is 241 Å². The molecule has 7 nitrogen and oxygen atoms in total. The lowest BCUT2D eigenvalue weighted by Crippen LogP contribution is -2.14. The van der Waals surface area contributed by atoms with Crippen LogP contribution in [0.4, 0.5) is 4.39 Å². The molecule has 0 saturated heterocycles. The van der Waals surface area contributed by atoms with Crippen LogP contribution in [0, 0.1) is 29.5 Å². The van der Waals surface area contributed by atoms with Crippen molar-refractivity contribution in [3.05, 3.63) is 82.2 Å². The number of carbonyl (C=O) groups is 1. The van der Waals surface area contributed by atoms with Crippen molar-refractivity contribution in [2.75, 3.05) is 0 Å². The van der Waals surface area contributed by atoms with Gasteiger partial charge in [-0.2, -0.15) is 0 Å². The highest BCUT2D eigenvalue weighted by atomic mass is 32.2. The van der Waals surface area contributed by atoms with Gasteiger partial charge in [0.15, 0.2) is 5.69 Å². The van der Waals surface area contributed by atoms with Gasteiger partial charge in [0, 0.05) is 40.4 Å². The summed E-state index contributed by atoms with van der Waals surface area (Å²) in [7, 11) is -4.19. The number of primary sulfonamides is 1. The molecular weight excluding hydrogens is 561 g/mol. The van der Waals surface area contributed by atoms with Crippen molar-refractivity contribution < 1.29 is 22.7 Å². The van der Waals surface area contributed by atoms with Crippen LogP contribution in [0.2, 0.25) is 0 Å². The molecule has 3 N–H and O–H groups in total. The van der Waals surface area contributed by atoms with E-state index in [1.165, 1.54) is 35.3 Å². The number of hydrogen-bond donors (Lipinski definition) is 2. The number of carboxylic acid groups (broad SMARTS) is 1. The fourth-order valence-corrected chi connectivity index (χ4v) is 6.48. The SMILES string of the molecule is NS(=O)(=O)c1ccc(Cn2c(-c3cccc(C#CC4CCC4)c3)cc(-c3nc(C(=O)O)cs3)c2CC2CC2)cc1F. The average molecular weight is 590 g/mol. The third-order valence-corrected chi connectivity index (χ3v) is 9.49. The molecule has 0 spiro atoms. The fourth-order valence-electron chi connectivity index (χ4n) is 5.06. The predicted molar refractivity (Wildman–Crippen MR) is 155 cm³/mol. The molecule has 41 heavy (non-hydrogen) atoms. The van der Waals surface area contributed by atoms with Crippen LogP contribution in [-0.4, -0.2) is 29.0 Å². The minimum atomic E-state index is -4.19. The van der Waals surface area contributed by atoms with E-state index in [4.69, 9.17) is 5.14 Å². The zero-order chi connectivity index (χ0) is 28.7. The van der Waals surface area contributed by atoms with Crippen molar-refractivity contribution in [3.63, 3.8) is 0 Å². The van der Waals surface area contributed by atoms with Crippen LogP contribution < -0.4 is 5.14 Å². The maximum Gasteiger partial charge on any atom is 0.355 e. The van der Waals surface area contributed by atoms with Gasteiger partial charge in [-0.15, -0.1) is 11.3 Å². The summed E-state index contributed by atoms with van der Waals surface area (Å²) in [6, 6.07) is 14.0. The van der Waals surface area contributed by atoms with E-state index >= 15 is 0 Å². The van der Waals surface area contributed by atoms with Gasteiger partial charge in [-0.25, -0.2) is 27.7 Å². The van der Waals surface area contributed by atoms with Crippen molar-refractivity contribution in [1.82, 2.24) is 9.55 Å². The summed E-state index contributed by atoms with van der Waals surface area (Å²) in [5, 5.41) is 16.8. The fraction of sp³-hybridized carbons (Fsp3) is 0.290. The van der Waals surface area contributed by atoms with Gasteiger partial charge in [-0.05, 0) is 79.5 Å². The highest BCUT2D eigenvalue weighted by molar-refractivity contribution is 7.89. The molecule has 0 unspecified atom stereocenters. The van der Waals surface area contributed by atoms with E-state index in [0.717, 1.165) is 60.2 Å². The Morgan fingerprint density at radius 3 is 2.59 bits per heavy atom. The second kappa shape index (κ2) is 10.9. The van der Waals surface area contributed by atoms with E-state index in [9.17, 15) is 22.7 Å². The normalized spacial score (nSPS) is 15.3. The highest BCUT2D eigenvalue weighted by Gasteiger charge is 2.28. The molecule has 0 atom stereocenters. The number of nitrogens with zero attached hydrogens (tertiary/aromatic N) is 2. The van der Waals surface area contributed by atoms with Crippen LogP contribution >= 0.6 is 11.3 Å². The van der Waals surface area contributed by atoms with Crippen molar-refractivity contribution in [3.8, 4) is 33.7 Å². The number of sulfonamides is 1. The molecular formula is C31H28FN3O4S2. The molecule has 2 aromatic heterocycles. The Morgan fingerprint density at radius 2 is 1.95 bits per heavy atom. The zero-order valence-corrected chi connectivity index (χ0v) is 23.8. The van der Waals surface area contributed by atoms with Crippen LogP contribution in [-0.2, 0) is 23.0 Å².